The van der Waals surface area contributed by atoms with Crippen molar-refractivity contribution in [2.75, 3.05) is 26.2 Å². The SMILES string of the molecule is CC(CNS(=O)(=O)c1cncc(Br)c1)CN1CCCCC1. The van der Waals surface area contributed by atoms with E-state index >= 15 is 0 Å². The Morgan fingerprint density at radius 3 is 2.71 bits per heavy atom. The molecule has 5 nitrogen and oxygen atoms in total. The Balaban J connectivity index is 1.86. The van der Waals surface area contributed by atoms with Crippen molar-refractivity contribution in [3.63, 3.8) is 0 Å². The number of hydrogen-bond acceptors (Lipinski definition) is 4. The third-order valence-corrected chi connectivity index (χ3v) is 5.45. The molecule has 1 aliphatic rings. The lowest BCUT2D eigenvalue weighted by atomic mass is 10.1. The summed E-state index contributed by atoms with van der Waals surface area (Å²) < 4.78 is 27.7. The number of nitrogens with one attached hydrogen (secondary N) is 1. The highest BCUT2D eigenvalue weighted by molar-refractivity contribution is 9.10. The molecular formula is C14H22BrN3O2S. The molecule has 0 radical (unpaired) electrons. The van der Waals surface area contributed by atoms with Gasteiger partial charge in [0, 0.05) is 30.0 Å². The number of rotatable bonds is 6. The molecule has 2 heterocycles. The molecule has 0 saturated carbocycles. The van der Waals surface area contributed by atoms with E-state index in [1.165, 1.54) is 25.5 Å². The van der Waals surface area contributed by atoms with Crippen molar-refractivity contribution >= 4 is 26.0 Å². The summed E-state index contributed by atoms with van der Waals surface area (Å²) in [7, 11) is -3.48. The second-order valence-electron chi connectivity index (χ2n) is 5.66. The summed E-state index contributed by atoms with van der Waals surface area (Å²) in [6, 6.07) is 1.56. The van der Waals surface area contributed by atoms with Crippen molar-refractivity contribution in [3.05, 3.63) is 22.9 Å². The number of pyridine rings is 1. The molecule has 1 aliphatic heterocycles. The Labute approximate surface area is 135 Å². The van der Waals surface area contributed by atoms with E-state index in [9.17, 15) is 8.42 Å². The van der Waals surface area contributed by atoms with Gasteiger partial charge in [0.25, 0.3) is 0 Å². The first-order valence-corrected chi connectivity index (χ1v) is 9.57. The zero-order valence-corrected chi connectivity index (χ0v) is 14.7. The van der Waals surface area contributed by atoms with E-state index in [1.54, 1.807) is 12.3 Å². The predicted molar refractivity (Wildman–Crippen MR) is 86.6 cm³/mol. The van der Waals surface area contributed by atoms with Crippen LogP contribution in [0.2, 0.25) is 0 Å². The molecule has 0 aliphatic carbocycles. The van der Waals surface area contributed by atoms with Gasteiger partial charge >= 0.3 is 0 Å². The Kier molecular flexibility index (Phi) is 6.16. The van der Waals surface area contributed by atoms with Crippen LogP contribution in [0.4, 0.5) is 0 Å². The normalized spacial score (nSPS) is 18.6. The first-order chi connectivity index (χ1) is 9.97. The van der Waals surface area contributed by atoms with E-state index in [4.69, 9.17) is 0 Å². The first kappa shape index (κ1) is 16.9. The molecule has 0 amide bonds. The monoisotopic (exact) mass is 375 g/mol. The number of likely N-dealkylation sites (tertiary alicyclic amines) is 1. The van der Waals surface area contributed by atoms with Gasteiger partial charge in [0.1, 0.15) is 4.90 Å². The topological polar surface area (TPSA) is 62.3 Å². The summed E-state index contributed by atoms with van der Waals surface area (Å²) in [5.41, 5.74) is 0. The third-order valence-electron chi connectivity index (χ3n) is 3.63. The van der Waals surface area contributed by atoms with Gasteiger partial charge in [-0.1, -0.05) is 13.3 Å². The maximum absolute atomic E-state index is 12.2. The zero-order chi connectivity index (χ0) is 15.3. The van der Waals surface area contributed by atoms with E-state index in [0.29, 0.717) is 11.0 Å². The molecular weight excluding hydrogens is 354 g/mol. The van der Waals surface area contributed by atoms with Crippen LogP contribution in [0.3, 0.4) is 0 Å². The number of aromatic nitrogens is 1. The van der Waals surface area contributed by atoms with Crippen LogP contribution in [-0.4, -0.2) is 44.5 Å². The van der Waals surface area contributed by atoms with Crippen molar-refractivity contribution in [1.82, 2.24) is 14.6 Å². The molecule has 1 atom stereocenters. The van der Waals surface area contributed by atoms with Gasteiger partial charge in [-0.3, -0.25) is 4.98 Å². The summed E-state index contributed by atoms with van der Waals surface area (Å²) in [4.78, 5) is 6.51. The summed E-state index contributed by atoms with van der Waals surface area (Å²) in [5.74, 6) is 0.290. The zero-order valence-electron chi connectivity index (χ0n) is 12.3. The average molecular weight is 376 g/mol. The maximum Gasteiger partial charge on any atom is 0.242 e. The lowest BCUT2D eigenvalue weighted by Gasteiger charge is -2.29. The summed E-state index contributed by atoms with van der Waals surface area (Å²) in [6.45, 7) is 5.74. The molecule has 1 N–H and O–H groups in total. The van der Waals surface area contributed by atoms with Gasteiger partial charge < -0.3 is 4.90 Å². The molecule has 118 valence electrons. The molecule has 0 bridgehead atoms. The van der Waals surface area contributed by atoms with E-state index in [-0.39, 0.29) is 10.8 Å². The number of halogens is 1. The number of nitrogens with zero attached hydrogens (tertiary/aromatic N) is 2. The molecule has 7 heteroatoms. The minimum absolute atomic E-state index is 0.196. The molecule has 1 saturated heterocycles. The number of piperidine rings is 1. The van der Waals surface area contributed by atoms with Gasteiger partial charge in [0.2, 0.25) is 10.0 Å². The smallest absolute Gasteiger partial charge is 0.242 e. The summed E-state index contributed by atoms with van der Waals surface area (Å²) >= 11 is 3.24. The molecule has 2 rings (SSSR count). The van der Waals surface area contributed by atoms with E-state index in [0.717, 1.165) is 19.6 Å². The van der Waals surface area contributed by atoms with Crippen molar-refractivity contribution in [1.29, 1.82) is 0 Å². The molecule has 1 aromatic heterocycles. The lowest BCUT2D eigenvalue weighted by molar-refractivity contribution is 0.201. The second-order valence-corrected chi connectivity index (χ2v) is 8.34. The number of hydrogen-bond donors (Lipinski definition) is 1. The Morgan fingerprint density at radius 1 is 1.33 bits per heavy atom. The van der Waals surface area contributed by atoms with Crippen LogP contribution in [0.15, 0.2) is 27.8 Å². The van der Waals surface area contributed by atoms with Crippen molar-refractivity contribution in [3.8, 4) is 0 Å². The van der Waals surface area contributed by atoms with Gasteiger partial charge in [-0.15, -0.1) is 0 Å². The summed E-state index contributed by atoms with van der Waals surface area (Å²) in [5, 5.41) is 0. The maximum atomic E-state index is 12.2. The van der Waals surface area contributed by atoms with Crippen molar-refractivity contribution in [2.24, 2.45) is 5.92 Å². The highest BCUT2D eigenvalue weighted by Gasteiger charge is 2.18. The lowest BCUT2D eigenvalue weighted by Crippen LogP contribution is -2.38. The van der Waals surface area contributed by atoms with Crippen LogP contribution in [-0.2, 0) is 10.0 Å². The second kappa shape index (κ2) is 7.67. The van der Waals surface area contributed by atoms with Gasteiger partial charge in [-0.05, 0) is 53.8 Å². The first-order valence-electron chi connectivity index (χ1n) is 7.30. The van der Waals surface area contributed by atoms with E-state index in [2.05, 4.69) is 37.5 Å². The molecule has 1 unspecified atom stereocenters. The fourth-order valence-electron chi connectivity index (χ4n) is 2.52. The molecule has 1 aromatic rings. The fourth-order valence-corrected chi connectivity index (χ4v) is 4.19. The van der Waals surface area contributed by atoms with E-state index in [1.807, 2.05) is 0 Å². The standard InChI is InChI=1S/C14H22BrN3O2S/c1-12(11-18-5-3-2-4-6-18)8-17-21(19,20)14-7-13(15)9-16-10-14/h7,9-10,12,17H,2-6,8,11H2,1H3. The van der Waals surface area contributed by atoms with Crippen LogP contribution < -0.4 is 4.72 Å². The van der Waals surface area contributed by atoms with Gasteiger partial charge in [-0.2, -0.15) is 0 Å². The Morgan fingerprint density at radius 2 is 2.05 bits per heavy atom. The quantitative estimate of drug-likeness (QED) is 0.827. The van der Waals surface area contributed by atoms with Crippen molar-refractivity contribution < 1.29 is 8.42 Å². The summed E-state index contributed by atoms with van der Waals surface area (Å²) in [6.07, 6.45) is 6.75. The van der Waals surface area contributed by atoms with Gasteiger partial charge in [0.05, 0.1) is 0 Å². The fraction of sp³-hybridized carbons (Fsp3) is 0.643. The molecule has 0 spiro atoms. The third kappa shape index (κ3) is 5.32. The Bertz CT molecular complexity index is 559. The van der Waals surface area contributed by atoms with Gasteiger partial charge in [-0.25, -0.2) is 13.1 Å². The molecule has 0 aromatic carbocycles. The minimum Gasteiger partial charge on any atom is -0.303 e. The van der Waals surface area contributed by atoms with Gasteiger partial charge in [0.15, 0.2) is 0 Å². The average Bonchev–Trinajstić information content (AvgIpc) is 2.46. The van der Waals surface area contributed by atoms with Crippen LogP contribution >= 0.6 is 15.9 Å². The molecule has 1 fully saturated rings. The predicted octanol–water partition coefficient (Wildman–Crippen LogP) is 2.24. The van der Waals surface area contributed by atoms with Crippen LogP contribution in [0.5, 0.6) is 0 Å². The highest BCUT2D eigenvalue weighted by atomic mass is 79.9. The van der Waals surface area contributed by atoms with Crippen LogP contribution in [0, 0.1) is 5.92 Å². The van der Waals surface area contributed by atoms with Crippen LogP contribution in [0.1, 0.15) is 26.2 Å². The van der Waals surface area contributed by atoms with Crippen molar-refractivity contribution in [2.45, 2.75) is 31.1 Å². The van der Waals surface area contributed by atoms with Crippen LogP contribution in [0.25, 0.3) is 0 Å². The highest BCUT2D eigenvalue weighted by Crippen LogP contribution is 2.15. The van der Waals surface area contributed by atoms with E-state index < -0.39 is 10.0 Å². The number of sulfonamides is 1. The Hall–Kier alpha value is -0.500. The minimum atomic E-state index is -3.48. The molecule has 21 heavy (non-hydrogen) atoms. The largest absolute Gasteiger partial charge is 0.303 e.